The number of aromatic nitrogens is 3. The number of hydrogen-bond acceptors (Lipinski definition) is 5. The largest absolute Gasteiger partial charge is 0.348 e. The van der Waals surface area contributed by atoms with Crippen LogP contribution in [0.25, 0.3) is 16.4 Å². The second-order valence-corrected chi connectivity index (χ2v) is 7.71. The number of hydrogen-bond donors (Lipinski definition) is 1. The van der Waals surface area contributed by atoms with Crippen LogP contribution in [-0.2, 0) is 0 Å². The van der Waals surface area contributed by atoms with Crippen LogP contribution in [0.1, 0.15) is 30.4 Å². The van der Waals surface area contributed by atoms with Crippen LogP contribution < -0.4 is 5.32 Å². The standard InChI is InChI=1S/C20H22FN5OS/c1-2-25-10-4-8-16(25)13-22-20(27)18-23-19(17-9-5-11-28-17)26(24-18)15-7-3-6-14(21)12-15/h3,5-7,9,11-12,16H,2,4,8,10,13H2,1H3,(H,22,27). The van der Waals surface area contributed by atoms with Gasteiger partial charge in [-0.1, -0.05) is 19.1 Å². The summed E-state index contributed by atoms with van der Waals surface area (Å²) in [7, 11) is 0. The van der Waals surface area contributed by atoms with Crippen molar-refractivity contribution in [1.29, 1.82) is 0 Å². The third-order valence-electron chi connectivity index (χ3n) is 5.01. The van der Waals surface area contributed by atoms with E-state index < -0.39 is 0 Å². The van der Waals surface area contributed by atoms with E-state index in [-0.39, 0.29) is 17.5 Å². The quantitative estimate of drug-likeness (QED) is 0.691. The van der Waals surface area contributed by atoms with Crippen molar-refractivity contribution in [3.05, 3.63) is 53.4 Å². The zero-order chi connectivity index (χ0) is 19.5. The number of carbonyl (C=O) groups is 1. The van der Waals surface area contributed by atoms with Crippen LogP contribution in [0.4, 0.5) is 4.39 Å². The molecular formula is C20H22FN5OS. The summed E-state index contributed by atoms with van der Waals surface area (Å²) in [5, 5.41) is 9.28. The summed E-state index contributed by atoms with van der Waals surface area (Å²) in [6, 6.07) is 10.3. The lowest BCUT2D eigenvalue weighted by Gasteiger charge is -2.22. The number of rotatable bonds is 6. The van der Waals surface area contributed by atoms with E-state index in [0.717, 1.165) is 30.8 Å². The highest BCUT2D eigenvalue weighted by atomic mass is 32.1. The zero-order valence-electron chi connectivity index (χ0n) is 15.6. The van der Waals surface area contributed by atoms with Gasteiger partial charge < -0.3 is 5.32 Å². The van der Waals surface area contributed by atoms with Gasteiger partial charge >= 0.3 is 0 Å². The Bertz CT molecular complexity index is 955. The Kier molecular flexibility index (Phi) is 5.50. The Balaban J connectivity index is 1.59. The molecule has 2 aromatic heterocycles. The molecule has 1 saturated heterocycles. The van der Waals surface area contributed by atoms with Crippen molar-refractivity contribution in [1.82, 2.24) is 25.0 Å². The molecule has 6 nitrogen and oxygen atoms in total. The highest BCUT2D eigenvalue weighted by Crippen LogP contribution is 2.26. The first-order chi connectivity index (χ1) is 13.7. The predicted octanol–water partition coefficient (Wildman–Crippen LogP) is 3.35. The van der Waals surface area contributed by atoms with E-state index in [1.54, 1.807) is 12.1 Å². The van der Waals surface area contributed by atoms with Crippen molar-refractivity contribution < 1.29 is 9.18 Å². The molecule has 3 aromatic rings. The number of nitrogens with zero attached hydrogens (tertiary/aromatic N) is 4. The molecule has 1 atom stereocenters. The van der Waals surface area contributed by atoms with Gasteiger partial charge in [0, 0.05) is 12.6 Å². The number of thiophene rings is 1. The topological polar surface area (TPSA) is 63.1 Å². The Hall–Kier alpha value is -2.58. The average Bonchev–Trinajstić information content (AvgIpc) is 3.45. The molecule has 1 N–H and O–H groups in total. The van der Waals surface area contributed by atoms with Gasteiger partial charge in [-0.15, -0.1) is 16.4 Å². The number of carbonyl (C=O) groups excluding carboxylic acids is 1. The van der Waals surface area contributed by atoms with Crippen LogP contribution in [0.2, 0.25) is 0 Å². The number of benzene rings is 1. The summed E-state index contributed by atoms with van der Waals surface area (Å²) in [5.74, 6) is -0.0524. The smallest absolute Gasteiger partial charge is 0.291 e. The Morgan fingerprint density at radius 2 is 2.25 bits per heavy atom. The fourth-order valence-electron chi connectivity index (χ4n) is 3.59. The molecule has 1 aromatic carbocycles. The van der Waals surface area contributed by atoms with Crippen LogP contribution in [-0.4, -0.2) is 51.2 Å². The number of likely N-dealkylation sites (tertiary alicyclic amines) is 1. The first-order valence-corrected chi connectivity index (χ1v) is 10.3. The van der Waals surface area contributed by atoms with Crippen LogP contribution in [0, 0.1) is 5.82 Å². The maximum absolute atomic E-state index is 13.7. The molecule has 1 aliphatic heterocycles. The van der Waals surface area contributed by atoms with Crippen molar-refractivity contribution >= 4 is 17.2 Å². The minimum atomic E-state index is -0.364. The second-order valence-electron chi connectivity index (χ2n) is 6.76. The predicted molar refractivity (Wildman–Crippen MR) is 107 cm³/mol. The van der Waals surface area contributed by atoms with Gasteiger partial charge in [0.1, 0.15) is 5.82 Å². The molecule has 0 radical (unpaired) electrons. The molecule has 0 aliphatic carbocycles. The zero-order valence-corrected chi connectivity index (χ0v) is 16.5. The fraction of sp³-hybridized carbons (Fsp3) is 0.350. The van der Waals surface area contributed by atoms with Gasteiger partial charge in [0.15, 0.2) is 5.82 Å². The highest BCUT2D eigenvalue weighted by Gasteiger charge is 2.25. The van der Waals surface area contributed by atoms with Crippen molar-refractivity contribution in [2.45, 2.75) is 25.8 Å². The van der Waals surface area contributed by atoms with Crippen LogP contribution in [0.3, 0.4) is 0 Å². The van der Waals surface area contributed by atoms with Gasteiger partial charge in [-0.05, 0) is 55.6 Å². The molecule has 1 aliphatic rings. The summed E-state index contributed by atoms with van der Waals surface area (Å²) in [6.45, 7) is 4.77. The molecule has 0 bridgehead atoms. The van der Waals surface area contributed by atoms with E-state index in [9.17, 15) is 9.18 Å². The lowest BCUT2D eigenvalue weighted by atomic mass is 10.2. The lowest BCUT2D eigenvalue weighted by molar-refractivity contribution is 0.0931. The fourth-order valence-corrected chi connectivity index (χ4v) is 4.29. The van der Waals surface area contributed by atoms with Gasteiger partial charge in [0.05, 0.1) is 10.6 Å². The molecule has 0 saturated carbocycles. The molecule has 4 rings (SSSR count). The summed E-state index contributed by atoms with van der Waals surface area (Å²) in [4.78, 5) is 20.4. The number of amides is 1. The monoisotopic (exact) mass is 399 g/mol. The van der Waals surface area contributed by atoms with Crippen molar-refractivity contribution in [3.8, 4) is 16.4 Å². The summed E-state index contributed by atoms with van der Waals surface area (Å²) in [5.41, 5.74) is 0.530. The van der Waals surface area contributed by atoms with Crippen LogP contribution in [0.5, 0.6) is 0 Å². The lowest BCUT2D eigenvalue weighted by Crippen LogP contribution is -2.40. The van der Waals surface area contributed by atoms with E-state index in [4.69, 9.17) is 0 Å². The average molecular weight is 399 g/mol. The Morgan fingerprint density at radius 1 is 1.36 bits per heavy atom. The molecule has 1 unspecified atom stereocenters. The molecule has 1 amide bonds. The third-order valence-corrected chi connectivity index (χ3v) is 5.87. The molecular weight excluding hydrogens is 377 g/mol. The Labute approximate surface area is 167 Å². The van der Waals surface area contributed by atoms with Crippen molar-refractivity contribution in [2.75, 3.05) is 19.6 Å². The van der Waals surface area contributed by atoms with E-state index in [0.29, 0.717) is 24.1 Å². The van der Waals surface area contributed by atoms with Gasteiger partial charge in [0.2, 0.25) is 5.82 Å². The molecule has 1 fully saturated rings. The Morgan fingerprint density at radius 3 is 3.00 bits per heavy atom. The molecule has 0 spiro atoms. The van der Waals surface area contributed by atoms with E-state index >= 15 is 0 Å². The van der Waals surface area contributed by atoms with Crippen molar-refractivity contribution in [2.24, 2.45) is 0 Å². The SMILES string of the molecule is CCN1CCCC1CNC(=O)c1nc(-c2cccs2)n(-c2cccc(F)c2)n1. The van der Waals surface area contributed by atoms with Gasteiger partial charge in [0.25, 0.3) is 5.91 Å². The van der Waals surface area contributed by atoms with Crippen LogP contribution in [0.15, 0.2) is 41.8 Å². The van der Waals surface area contributed by atoms with E-state index in [1.165, 1.54) is 28.2 Å². The molecule has 3 heterocycles. The maximum atomic E-state index is 13.7. The first kappa shape index (κ1) is 18.8. The molecule has 8 heteroatoms. The molecule has 146 valence electrons. The van der Waals surface area contributed by atoms with Gasteiger partial charge in [-0.25, -0.2) is 14.1 Å². The summed E-state index contributed by atoms with van der Waals surface area (Å²) < 4.78 is 15.2. The van der Waals surface area contributed by atoms with E-state index in [1.807, 2.05) is 17.5 Å². The second kappa shape index (κ2) is 8.20. The van der Waals surface area contributed by atoms with Crippen molar-refractivity contribution in [3.63, 3.8) is 0 Å². The number of nitrogens with one attached hydrogen (secondary N) is 1. The number of likely N-dealkylation sites (N-methyl/N-ethyl adjacent to an activating group) is 1. The van der Waals surface area contributed by atoms with Gasteiger partial charge in [-0.2, -0.15) is 0 Å². The van der Waals surface area contributed by atoms with Crippen LogP contribution >= 0.6 is 11.3 Å². The minimum absolute atomic E-state index is 0.0914. The third kappa shape index (κ3) is 3.83. The summed E-state index contributed by atoms with van der Waals surface area (Å²) >= 11 is 1.50. The maximum Gasteiger partial charge on any atom is 0.291 e. The number of halogens is 1. The first-order valence-electron chi connectivity index (χ1n) is 9.45. The van der Waals surface area contributed by atoms with E-state index in [2.05, 4.69) is 27.2 Å². The highest BCUT2D eigenvalue weighted by molar-refractivity contribution is 7.13. The van der Waals surface area contributed by atoms with Gasteiger partial charge in [-0.3, -0.25) is 9.69 Å². The summed E-state index contributed by atoms with van der Waals surface area (Å²) in [6.07, 6.45) is 2.24. The minimum Gasteiger partial charge on any atom is -0.348 e. The normalized spacial score (nSPS) is 17.1. The molecule has 28 heavy (non-hydrogen) atoms.